The van der Waals surface area contributed by atoms with Crippen molar-refractivity contribution in [2.45, 2.75) is 45.7 Å². The maximum atomic E-state index is 12.7. The number of carbonyl (C=O) groups is 1. The maximum Gasteiger partial charge on any atom is 0.416 e. The number of halogens is 3. The molecule has 0 amide bonds. The van der Waals surface area contributed by atoms with E-state index in [2.05, 4.69) is 13.8 Å². The van der Waals surface area contributed by atoms with E-state index in [-0.39, 0.29) is 11.7 Å². The van der Waals surface area contributed by atoms with Crippen LogP contribution in [0.25, 0.3) is 0 Å². The Balaban J connectivity index is 2.11. The first kappa shape index (κ1) is 16.1. The summed E-state index contributed by atoms with van der Waals surface area (Å²) in [5.41, 5.74) is -0.0313. The number of Topliss-reactive ketones (excluding diaryl/α,β-unsaturated/α-hetero) is 1. The van der Waals surface area contributed by atoms with Crippen LogP contribution in [0.4, 0.5) is 13.2 Å². The normalized spacial score (nSPS) is 23.6. The van der Waals surface area contributed by atoms with E-state index in [0.29, 0.717) is 30.2 Å². The summed E-state index contributed by atoms with van der Waals surface area (Å²) < 4.78 is 38.2. The minimum absolute atomic E-state index is 0.130. The van der Waals surface area contributed by atoms with E-state index in [4.69, 9.17) is 0 Å². The van der Waals surface area contributed by atoms with Gasteiger partial charge in [-0.25, -0.2) is 0 Å². The van der Waals surface area contributed by atoms with E-state index in [1.165, 1.54) is 12.1 Å². The molecule has 2 unspecified atom stereocenters. The summed E-state index contributed by atoms with van der Waals surface area (Å²) in [7, 11) is 0. The quantitative estimate of drug-likeness (QED) is 0.776. The lowest BCUT2D eigenvalue weighted by Gasteiger charge is -2.30. The second kappa shape index (κ2) is 6.20. The topological polar surface area (TPSA) is 17.1 Å². The molecule has 1 aliphatic rings. The van der Waals surface area contributed by atoms with Gasteiger partial charge in [0.05, 0.1) is 5.56 Å². The predicted octanol–water partition coefficient (Wildman–Crippen LogP) is 4.89. The van der Waals surface area contributed by atoms with Crippen molar-refractivity contribution >= 4 is 5.78 Å². The first-order chi connectivity index (χ1) is 9.77. The molecule has 0 bridgehead atoms. The van der Waals surface area contributed by atoms with Crippen LogP contribution in [0, 0.1) is 17.8 Å². The number of rotatable bonds is 3. The van der Waals surface area contributed by atoms with Crippen LogP contribution in [-0.4, -0.2) is 5.78 Å². The van der Waals surface area contributed by atoms with Gasteiger partial charge in [0.2, 0.25) is 0 Å². The first-order valence-electron chi connectivity index (χ1n) is 7.46. The molecule has 1 fully saturated rings. The Morgan fingerprint density at radius 2 is 2.00 bits per heavy atom. The van der Waals surface area contributed by atoms with Gasteiger partial charge >= 0.3 is 6.18 Å². The molecule has 116 valence electrons. The molecule has 0 N–H and O–H groups in total. The monoisotopic (exact) mass is 298 g/mol. The predicted molar refractivity (Wildman–Crippen MR) is 75.8 cm³/mol. The van der Waals surface area contributed by atoms with E-state index >= 15 is 0 Å². The van der Waals surface area contributed by atoms with E-state index in [9.17, 15) is 18.0 Å². The molecule has 4 heteroatoms. The van der Waals surface area contributed by atoms with Gasteiger partial charge in [0.25, 0.3) is 0 Å². The summed E-state index contributed by atoms with van der Waals surface area (Å²) >= 11 is 0. The summed E-state index contributed by atoms with van der Waals surface area (Å²) in [6.45, 7) is 4.28. The van der Waals surface area contributed by atoms with Gasteiger partial charge in [-0.3, -0.25) is 4.79 Å². The zero-order chi connectivity index (χ0) is 15.6. The number of benzene rings is 1. The smallest absolute Gasteiger partial charge is 0.299 e. The third-order valence-electron chi connectivity index (χ3n) is 4.48. The lowest BCUT2D eigenvalue weighted by atomic mass is 9.73. The average molecular weight is 298 g/mol. The highest BCUT2D eigenvalue weighted by molar-refractivity contribution is 5.82. The highest BCUT2D eigenvalue weighted by Crippen LogP contribution is 2.34. The van der Waals surface area contributed by atoms with Gasteiger partial charge in [-0.2, -0.15) is 13.2 Å². The Bertz CT molecular complexity index is 505. The minimum atomic E-state index is -4.33. The molecule has 0 aromatic heterocycles. The van der Waals surface area contributed by atoms with Crippen molar-refractivity contribution in [3.63, 3.8) is 0 Å². The SMILES string of the molecule is CC(C)C1CCC(=O)C(Cc2cccc(C(F)(F)F)c2)C1. The van der Waals surface area contributed by atoms with Crippen LogP contribution in [0.3, 0.4) is 0 Å². The van der Waals surface area contributed by atoms with E-state index < -0.39 is 11.7 Å². The Hall–Kier alpha value is -1.32. The summed E-state index contributed by atoms with van der Waals surface area (Å²) in [4.78, 5) is 12.0. The van der Waals surface area contributed by atoms with Crippen LogP contribution in [0.5, 0.6) is 0 Å². The second-order valence-corrected chi connectivity index (χ2v) is 6.34. The van der Waals surface area contributed by atoms with Gasteiger partial charge < -0.3 is 0 Å². The number of carbonyl (C=O) groups excluding carboxylic acids is 1. The number of ketones is 1. The van der Waals surface area contributed by atoms with Crippen molar-refractivity contribution in [3.8, 4) is 0 Å². The lowest BCUT2D eigenvalue weighted by molar-refractivity contribution is -0.137. The van der Waals surface area contributed by atoms with Crippen molar-refractivity contribution < 1.29 is 18.0 Å². The van der Waals surface area contributed by atoms with Crippen molar-refractivity contribution in [1.82, 2.24) is 0 Å². The summed E-state index contributed by atoms with van der Waals surface area (Å²) in [5, 5.41) is 0. The molecule has 1 saturated carbocycles. The van der Waals surface area contributed by atoms with E-state index in [0.717, 1.165) is 18.9 Å². The second-order valence-electron chi connectivity index (χ2n) is 6.34. The fraction of sp³-hybridized carbons (Fsp3) is 0.588. The molecule has 1 nitrogen and oxygen atoms in total. The van der Waals surface area contributed by atoms with Gasteiger partial charge in [0.15, 0.2) is 0 Å². The zero-order valence-electron chi connectivity index (χ0n) is 12.4. The van der Waals surface area contributed by atoms with Crippen LogP contribution in [-0.2, 0) is 17.4 Å². The Morgan fingerprint density at radius 3 is 2.62 bits per heavy atom. The van der Waals surface area contributed by atoms with Crippen LogP contribution >= 0.6 is 0 Å². The number of alkyl halides is 3. The molecule has 0 heterocycles. The van der Waals surface area contributed by atoms with Crippen molar-refractivity contribution in [3.05, 3.63) is 35.4 Å². The molecule has 0 aliphatic heterocycles. The third kappa shape index (κ3) is 4.08. The van der Waals surface area contributed by atoms with Crippen LogP contribution in [0.15, 0.2) is 24.3 Å². The molecule has 2 rings (SSSR count). The van der Waals surface area contributed by atoms with Gasteiger partial charge in [0.1, 0.15) is 5.78 Å². The Morgan fingerprint density at radius 1 is 1.29 bits per heavy atom. The van der Waals surface area contributed by atoms with Gasteiger partial charge in [-0.1, -0.05) is 32.0 Å². The summed E-state index contributed by atoms with van der Waals surface area (Å²) in [6, 6.07) is 5.35. The molecular weight excluding hydrogens is 277 g/mol. The van der Waals surface area contributed by atoms with Gasteiger partial charge in [-0.15, -0.1) is 0 Å². The molecule has 1 aliphatic carbocycles. The molecule has 1 aromatic carbocycles. The highest BCUT2D eigenvalue weighted by atomic mass is 19.4. The fourth-order valence-corrected chi connectivity index (χ4v) is 3.11. The van der Waals surface area contributed by atoms with E-state index in [1.54, 1.807) is 6.07 Å². The summed E-state index contributed by atoms with van der Waals surface area (Å²) in [5.74, 6) is 1.08. The molecule has 1 aromatic rings. The molecule has 21 heavy (non-hydrogen) atoms. The molecule has 0 saturated heterocycles. The Labute approximate surface area is 123 Å². The maximum absolute atomic E-state index is 12.7. The number of hydrogen-bond donors (Lipinski definition) is 0. The average Bonchev–Trinajstić information content (AvgIpc) is 2.40. The first-order valence-corrected chi connectivity index (χ1v) is 7.46. The fourth-order valence-electron chi connectivity index (χ4n) is 3.11. The summed E-state index contributed by atoms with van der Waals surface area (Å²) in [6.07, 6.45) is -1.63. The van der Waals surface area contributed by atoms with Crippen molar-refractivity contribution in [1.29, 1.82) is 0 Å². The van der Waals surface area contributed by atoms with Gasteiger partial charge in [0, 0.05) is 12.3 Å². The van der Waals surface area contributed by atoms with Crippen LogP contribution < -0.4 is 0 Å². The molecular formula is C17H21F3O. The highest BCUT2D eigenvalue weighted by Gasteiger charge is 2.32. The third-order valence-corrected chi connectivity index (χ3v) is 4.48. The van der Waals surface area contributed by atoms with Crippen LogP contribution in [0.1, 0.15) is 44.2 Å². The molecule has 0 radical (unpaired) electrons. The van der Waals surface area contributed by atoms with Crippen molar-refractivity contribution in [2.75, 3.05) is 0 Å². The standard InChI is InChI=1S/C17H21F3O/c1-11(2)13-6-7-16(21)14(10-13)8-12-4-3-5-15(9-12)17(18,19)20/h3-5,9,11,13-14H,6-8,10H2,1-2H3. The number of hydrogen-bond acceptors (Lipinski definition) is 1. The van der Waals surface area contributed by atoms with E-state index in [1.807, 2.05) is 0 Å². The lowest BCUT2D eigenvalue weighted by Crippen LogP contribution is -2.29. The van der Waals surface area contributed by atoms with Crippen LogP contribution in [0.2, 0.25) is 0 Å². The zero-order valence-corrected chi connectivity index (χ0v) is 12.4. The minimum Gasteiger partial charge on any atom is -0.299 e. The Kier molecular flexibility index (Phi) is 4.74. The van der Waals surface area contributed by atoms with Crippen molar-refractivity contribution in [2.24, 2.45) is 17.8 Å². The molecule has 0 spiro atoms. The largest absolute Gasteiger partial charge is 0.416 e. The molecule has 2 atom stereocenters. The van der Waals surface area contributed by atoms with Gasteiger partial charge in [-0.05, 0) is 42.7 Å².